The monoisotopic (exact) mass is 272 g/mol. The normalized spacial score (nSPS) is 16.6. The molecule has 2 heterocycles. The van der Waals surface area contributed by atoms with Crippen LogP contribution in [0.3, 0.4) is 0 Å². The Morgan fingerprint density at radius 3 is 2.90 bits per heavy atom. The van der Waals surface area contributed by atoms with Crippen molar-refractivity contribution >= 4 is 5.97 Å². The van der Waals surface area contributed by atoms with Gasteiger partial charge in [-0.2, -0.15) is 5.10 Å². The Labute approximate surface area is 116 Å². The maximum Gasteiger partial charge on any atom is 0.325 e. The van der Waals surface area contributed by atoms with E-state index < -0.39 is 12.0 Å². The zero-order valence-electron chi connectivity index (χ0n) is 11.2. The molecule has 1 aromatic carbocycles. The quantitative estimate of drug-likeness (QED) is 0.910. The van der Waals surface area contributed by atoms with Crippen LogP contribution in [0.5, 0.6) is 0 Å². The summed E-state index contributed by atoms with van der Waals surface area (Å²) in [5.41, 5.74) is 1.83. The van der Waals surface area contributed by atoms with Gasteiger partial charge in [0, 0.05) is 6.54 Å². The molecule has 1 aliphatic heterocycles. The lowest BCUT2D eigenvalue weighted by Gasteiger charge is -2.32. The number of aromatic nitrogens is 3. The van der Waals surface area contributed by atoms with Crippen molar-refractivity contribution in [3.8, 4) is 0 Å². The Bertz CT molecular complexity index is 638. The second kappa shape index (κ2) is 5.05. The van der Waals surface area contributed by atoms with E-state index in [4.69, 9.17) is 0 Å². The van der Waals surface area contributed by atoms with E-state index in [0.29, 0.717) is 19.6 Å². The molecule has 1 aromatic heterocycles. The van der Waals surface area contributed by atoms with Crippen molar-refractivity contribution in [2.45, 2.75) is 26.1 Å². The van der Waals surface area contributed by atoms with Gasteiger partial charge in [0.1, 0.15) is 18.2 Å². The summed E-state index contributed by atoms with van der Waals surface area (Å²) < 4.78 is 1.83. The van der Waals surface area contributed by atoms with Gasteiger partial charge < -0.3 is 5.11 Å². The number of aliphatic carboxylic acids is 1. The largest absolute Gasteiger partial charge is 0.480 e. The van der Waals surface area contributed by atoms with Crippen molar-refractivity contribution in [1.29, 1.82) is 0 Å². The van der Waals surface area contributed by atoms with Crippen molar-refractivity contribution in [2.75, 3.05) is 6.54 Å². The van der Waals surface area contributed by atoms with Gasteiger partial charge in [0.2, 0.25) is 0 Å². The second-order valence-electron chi connectivity index (χ2n) is 4.97. The Hall–Kier alpha value is -2.21. The highest BCUT2D eigenvalue weighted by Crippen LogP contribution is 2.27. The molecule has 1 unspecified atom stereocenters. The Balaban J connectivity index is 1.93. The maximum absolute atomic E-state index is 11.7. The number of hydrogen-bond acceptors (Lipinski definition) is 4. The van der Waals surface area contributed by atoms with Crippen LogP contribution in [-0.2, 0) is 17.9 Å². The van der Waals surface area contributed by atoms with Gasteiger partial charge in [-0.15, -0.1) is 0 Å². The lowest BCUT2D eigenvalue weighted by atomic mass is 9.99. The van der Waals surface area contributed by atoms with E-state index >= 15 is 0 Å². The summed E-state index contributed by atoms with van der Waals surface area (Å²) in [4.78, 5) is 17.8. The molecule has 0 amide bonds. The van der Waals surface area contributed by atoms with Gasteiger partial charge in [-0.3, -0.25) is 9.69 Å². The Kier molecular flexibility index (Phi) is 3.23. The van der Waals surface area contributed by atoms with Crippen LogP contribution >= 0.6 is 0 Å². The van der Waals surface area contributed by atoms with Crippen molar-refractivity contribution in [3.05, 3.63) is 47.5 Å². The van der Waals surface area contributed by atoms with Gasteiger partial charge in [-0.1, -0.05) is 24.3 Å². The first-order chi connectivity index (χ1) is 9.66. The first kappa shape index (κ1) is 12.8. The zero-order chi connectivity index (χ0) is 14.1. The van der Waals surface area contributed by atoms with E-state index in [1.54, 1.807) is 0 Å². The average molecular weight is 272 g/mol. The third-order valence-corrected chi connectivity index (χ3v) is 3.72. The van der Waals surface area contributed by atoms with Gasteiger partial charge in [0.25, 0.3) is 0 Å². The fourth-order valence-corrected chi connectivity index (χ4v) is 2.68. The molecule has 1 N–H and O–H groups in total. The fraction of sp³-hybridized carbons (Fsp3) is 0.357. The molecular formula is C14H16N4O2. The number of aryl methyl sites for hydroxylation is 1. The molecular weight excluding hydrogens is 256 g/mol. The molecule has 3 rings (SSSR count). The number of rotatable bonds is 3. The highest BCUT2D eigenvalue weighted by atomic mass is 16.4. The summed E-state index contributed by atoms with van der Waals surface area (Å²) in [6, 6.07) is 6.99. The summed E-state index contributed by atoms with van der Waals surface area (Å²) in [7, 11) is 0. The number of carboxylic acids is 1. The van der Waals surface area contributed by atoms with E-state index in [0.717, 1.165) is 17.0 Å². The maximum atomic E-state index is 11.7. The van der Waals surface area contributed by atoms with Crippen LogP contribution in [0.25, 0.3) is 0 Å². The van der Waals surface area contributed by atoms with E-state index in [-0.39, 0.29) is 0 Å². The fourth-order valence-electron chi connectivity index (χ4n) is 2.68. The summed E-state index contributed by atoms with van der Waals surface area (Å²) >= 11 is 0. The van der Waals surface area contributed by atoms with E-state index in [2.05, 4.69) is 10.1 Å². The molecule has 104 valence electrons. The first-order valence-corrected chi connectivity index (χ1v) is 6.56. The van der Waals surface area contributed by atoms with E-state index in [9.17, 15) is 9.90 Å². The van der Waals surface area contributed by atoms with Crippen LogP contribution in [-0.4, -0.2) is 37.3 Å². The lowest BCUT2D eigenvalue weighted by molar-refractivity contribution is -0.144. The lowest BCUT2D eigenvalue weighted by Crippen LogP contribution is -2.40. The van der Waals surface area contributed by atoms with E-state index in [1.165, 1.54) is 6.33 Å². The van der Waals surface area contributed by atoms with Crippen LogP contribution in [0.2, 0.25) is 0 Å². The molecule has 0 fully saturated rings. The van der Waals surface area contributed by atoms with Crippen LogP contribution in [0, 0.1) is 6.92 Å². The molecule has 0 spiro atoms. The number of carboxylic acid groups (broad SMARTS) is 1. The zero-order valence-corrected chi connectivity index (χ0v) is 11.2. The van der Waals surface area contributed by atoms with Crippen molar-refractivity contribution in [2.24, 2.45) is 0 Å². The molecule has 0 radical (unpaired) electrons. The summed E-state index contributed by atoms with van der Waals surface area (Å²) in [6.45, 7) is 3.77. The molecule has 2 aromatic rings. The topological polar surface area (TPSA) is 71.2 Å². The minimum absolute atomic E-state index is 0.505. The number of benzene rings is 1. The SMILES string of the molecule is Cc1ccccc1C(C(=O)O)N1CCn2ncnc2C1. The number of carbonyl (C=O) groups is 1. The van der Waals surface area contributed by atoms with Gasteiger partial charge in [0.15, 0.2) is 0 Å². The molecule has 0 saturated carbocycles. The molecule has 6 heteroatoms. The van der Waals surface area contributed by atoms with Gasteiger partial charge in [0.05, 0.1) is 13.1 Å². The summed E-state index contributed by atoms with van der Waals surface area (Å²) in [6.07, 6.45) is 1.52. The third-order valence-electron chi connectivity index (χ3n) is 3.72. The summed E-state index contributed by atoms with van der Waals surface area (Å²) in [5.74, 6) is -0.0108. The smallest absolute Gasteiger partial charge is 0.325 e. The van der Waals surface area contributed by atoms with Crippen LogP contribution in [0.4, 0.5) is 0 Å². The molecule has 20 heavy (non-hydrogen) atoms. The molecule has 0 aliphatic carbocycles. The highest BCUT2D eigenvalue weighted by molar-refractivity contribution is 5.76. The van der Waals surface area contributed by atoms with Crippen molar-refractivity contribution in [3.63, 3.8) is 0 Å². The summed E-state index contributed by atoms with van der Waals surface area (Å²) in [5, 5.41) is 13.7. The van der Waals surface area contributed by atoms with Crippen molar-refractivity contribution < 1.29 is 9.90 Å². The van der Waals surface area contributed by atoms with E-state index in [1.807, 2.05) is 40.8 Å². The molecule has 0 bridgehead atoms. The third kappa shape index (κ3) is 2.18. The van der Waals surface area contributed by atoms with Gasteiger partial charge in [-0.05, 0) is 18.1 Å². The minimum atomic E-state index is -0.827. The van der Waals surface area contributed by atoms with Gasteiger partial charge >= 0.3 is 5.97 Å². The molecule has 1 atom stereocenters. The Morgan fingerprint density at radius 1 is 1.35 bits per heavy atom. The average Bonchev–Trinajstić information content (AvgIpc) is 2.88. The predicted molar refractivity (Wildman–Crippen MR) is 72.0 cm³/mol. The van der Waals surface area contributed by atoms with Crippen LogP contribution < -0.4 is 0 Å². The molecule has 0 saturated heterocycles. The van der Waals surface area contributed by atoms with Crippen molar-refractivity contribution in [1.82, 2.24) is 19.7 Å². The Morgan fingerprint density at radius 2 is 2.15 bits per heavy atom. The first-order valence-electron chi connectivity index (χ1n) is 6.56. The van der Waals surface area contributed by atoms with Crippen LogP contribution in [0.1, 0.15) is 23.0 Å². The standard InChI is InChI=1S/C14H16N4O2/c1-10-4-2-3-5-11(10)13(14(19)20)17-6-7-18-12(8-17)15-9-16-18/h2-5,9,13H,6-8H2,1H3,(H,19,20). The molecule has 6 nitrogen and oxygen atoms in total. The predicted octanol–water partition coefficient (Wildman–Crippen LogP) is 1.23. The molecule has 1 aliphatic rings. The second-order valence-corrected chi connectivity index (χ2v) is 4.97. The van der Waals surface area contributed by atoms with Crippen LogP contribution in [0.15, 0.2) is 30.6 Å². The number of nitrogens with zero attached hydrogens (tertiary/aromatic N) is 4. The highest BCUT2D eigenvalue weighted by Gasteiger charge is 2.31. The number of hydrogen-bond donors (Lipinski definition) is 1. The van der Waals surface area contributed by atoms with Gasteiger partial charge in [-0.25, -0.2) is 9.67 Å². The number of fused-ring (bicyclic) bond motifs is 1. The minimum Gasteiger partial charge on any atom is -0.480 e.